The monoisotopic (exact) mass is 648 g/mol. The number of nitrogen functional groups attached to an aromatic ring is 1. The van der Waals surface area contributed by atoms with Crippen molar-refractivity contribution in [3.8, 4) is 5.75 Å². The molecule has 0 spiro atoms. The minimum atomic E-state index is -0.687. The fourth-order valence-electron chi connectivity index (χ4n) is 5.92. The van der Waals surface area contributed by atoms with Gasteiger partial charge in [-0.05, 0) is 30.5 Å². The fraction of sp³-hybridized carbons (Fsp3) is 0.515. The number of rotatable bonds is 15. The van der Waals surface area contributed by atoms with E-state index in [1.807, 2.05) is 17.2 Å². The summed E-state index contributed by atoms with van der Waals surface area (Å²) in [6.45, 7) is 6.94. The Morgan fingerprint density at radius 2 is 1.72 bits per heavy atom. The smallest absolute Gasteiger partial charge is 0.333 e. The second-order valence-corrected chi connectivity index (χ2v) is 11.9. The third kappa shape index (κ3) is 8.56. The van der Waals surface area contributed by atoms with Crippen molar-refractivity contribution in [2.24, 2.45) is 0 Å². The molecule has 3 amide bonds. The summed E-state index contributed by atoms with van der Waals surface area (Å²) in [5.41, 5.74) is 9.83. The first-order valence-corrected chi connectivity index (χ1v) is 16.3. The summed E-state index contributed by atoms with van der Waals surface area (Å²) >= 11 is 0. The van der Waals surface area contributed by atoms with Gasteiger partial charge in [-0.1, -0.05) is 31.9 Å². The van der Waals surface area contributed by atoms with Gasteiger partial charge in [0.05, 0.1) is 19.2 Å². The van der Waals surface area contributed by atoms with Crippen molar-refractivity contribution in [2.75, 3.05) is 50.9 Å². The second kappa shape index (κ2) is 15.7. The van der Waals surface area contributed by atoms with Crippen LogP contribution >= 0.6 is 0 Å². The highest BCUT2D eigenvalue weighted by atomic mass is 16.7. The summed E-state index contributed by atoms with van der Waals surface area (Å²) in [5.74, 6) is 0.0309. The molecule has 14 heteroatoms. The Morgan fingerprint density at radius 3 is 2.45 bits per heavy atom. The van der Waals surface area contributed by atoms with Gasteiger partial charge in [-0.3, -0.25) is 19.3 Å². The van der Waals surface area contributed by atoms with Crippen LogP contribution in [0.15, 0.2) is 30.5 Å². The molecule has 0 radical (unpaired) electrons. The molecule has 0 saturated carbocycles. The van der Waals surface area contributed by atoms with Crippen molar-refractivity contribution in [1.82, 2.24) is 29.4 Å². The van der Waals surface area contributed by atoms with Crippen LogP contribution < -0.4 is 15.8 Å². The number of amides is 3. The molecule has 0 unspecified atom stereocenters. The van der Waals surface area contributed by atoms with Gasteiger partial charge < -0.3 is 30.1 Å². The minimum absolute atomic E-state index is 0.0262. The molecule has 252 valence electrons. The third-order valence-electron chi connectivity index (χ3n) is 8.49. The first-order valence-electron chi connectivity index (χ1n) is 16.3. The molecule has 0 atom stereocenters. The highest BCUT2D eigenvalue weighted by Gasteiger charge is 2.32. The largest absolute Gasteiger partial charge is 0.496 e. The van der Waals surface area contributed by atoms with E-state index < -0.39 is 17.8 Å². The van der Waals surface area contributed by atoms with E-state index in [9.17, 15) is 19.2 Å². The van der Waals surface area contributed by atoms with Gasteiger partial charge in [0.2, 0.25) is 11.9 Å². The van der Waals surface area contributed by atoms with Gasteiger partial charge in [0.1, 0.15) is 11.3 Å². The van der Waals surface area contributed by atoms with E-state index >= 15 is 0 Å². The molecule has 5 rings (SSSR count). The molecule has 1 aromatic carbocycles. The maximum atomic E-state index is 12.7. The number of fused-ring (bicyclic) bond motifs is 1. The first-order chi connectivity index (χ1) is 22.7. The Labute approximate surface area is 274 Å². The third-order valence-corrected chi connectivity index (χ3v) is 8.49. The minimum Gasteiger partial charge on any atom is -0.496 e. The van der Waals surface area contributed by atoms with Crippen molar-refractivity contribution in [3.05, 3.63) is 41.6 Å². The van der Waals surface area contributed by atoms with Crippen molar-refractivity contribution in [3.63, 3.8) is 0 Å². The van der Waals surface area contributed by atoms with Gasteiger partial charge >= 0.3 is 5.97 Å². The number of benzene rings is 1. The van der Waals surface area contributed by atoms with Gasteiger partial charge in [-0.25, -0.2) is 9.78 Å². The zero-order valence-corrected chi connectivity index (χ0v) is 27.2. The van der Waals surface area contributed by atoms with Crippen LogP contribution in [-0.2, 0) is 37.1 Å². The van der Waals surface area contributed by atoms with Crippen molar-refractivity contribution in [2.45, 2.75) is 71.4 Å². The number of methoxy groups -OCH3 is 1. The van der Waals surface area contributed by atoms with Gasteiger partial charge in [-0.15, -0.1) is 5.06 Å². The molecular weight excluding hydrogens is 604 g/mol. The average Bonchev–Trinajstić information content (AvgIpc) is 3.61. The fourth-order valence-corrected chi connectivity index (χ4v) is 5.92. The molecular formula is C33H44N8O6. The lowest BCUT2D eigenvalue weighted by atomic mass is 10.1. The zero-order chi connectivity index (χ0) is 33.3. The molecule has 2 aliphatic rings. The molecule has 2 saturated heterocycles. The lowest BCUT2D eigenvalue weighted by Crippen LogP contribution is -2.48. The number of nitrogens with zero attached hydrogens (tertiary/aromatic N) is 6. The number of carbonyl (C=O) groups excluding carboxylic acids is 4. The number of ether oxygens (including phenoxy) is 1. The van der Waals surface area contributed by atoms with Crippen molar-refractivity contribution >= 4 is 46.5 Å². The normalized spacial score (nSPS) is 15.4. The van der Waals surface area contributed by atoms with E-state index in [0.29, 0.717) is 24.7 Å². The topological polar surface area (TPSA) is 165 Å². The molecule has 3 N–H and O–H groups in total. The van der Waals surface area contributed by atoms with Crippen LogP contribution in [0, 0.1) is 0 Å². The predicted molar refractivity (Wildman–Crippen MR) is 175 cm³/mol. The zero-order valence-electron chi connectivity index (χ0n) is 27.2. The first kappa shape index (κ1) is 33.6. The molecule has 3 aromatic rings. The number of carbonyl (C=O) groups is 4. The lowest BCUT2D eigenvalue weighted by molar-refractivity contribution is -0.197. The highest BCUT2D eigenvalue weighted by Crippen LogP contribution is 2.28. The van der Waals surface area contributed by atoms with Gasteiger partial charge in [-0.2, -0.15) is 4.98 Å². The Morgan fingerprint density at radius 1 is 0.957 bits per heavy atom. The number of nitrogens with one attached hydrogen (secondary N) is 1. The van der Waals surface area contributed by atoms with E-state index in [0.717, 1.165) is 79.2 Å². The SMILES string of the molecule is CCCCCNc1nc(N)nc2ccn(Cc3ccc(CN4CCN(C(=O)CCCC(=O)ON5C(=O)CCC5=O)CC4)cc3OC)c12. The maximum Gasteiger partial charge on any atom is 0.333 e. The maximum absolute atomic E-state index is 12.7. The van der Waals surface area contributed by atoms with Crippen LogP contribution in [0.4, 0.5) is 11.8 Å². The van der Waals surface area contributed by atoms with Crippen LogP contribution in [0.1, 0.15) is 69.4 Å². The Bertz CT molecular complexity index is 1580. The Kier molecular flexibility index (Phi) is 11.2. The standard InChI is InChI=1S/C33H44N8O6/c1-3-4-5-14-35-32-31-25(36-33(34)37-32)13-15-40(31)22-24-10-9-23(20-26(24)46-2)21-38-16-18-39(19-17-38)27(42)7-6-8-30(45)47-41-28(43)11-12-29(41)44/h9-10,13,15,20H,3-8,11-12,14,16-19,21-22H2,1-2H3,(H3,34,35,36,37). The van der Waals surface area contributed by atoms with E-state index in [2.05, 4.69) is 49.9 Å². The molecule has 0 aliphatic carbocycles. The van der Waals surface area contributed by atoms with Crippen LogP contribution in [0.2, 0.25) is 0 Å². The van der Waals surface area contributed by atoms with Gasteiger partial charge in [0, 0.05) is 76.7 Å². The summed E-state index contributed by atoms with van der Waals surface area (Å²) in [6.07, 6.45) is 5.87. The summed E-state index contributed by atoms with van der Waals surface area (Å²) < 4.78 is 7.92. The van der Waals surface area contributed by atoms with Crippen molar-refractivity contribution < 1.29 is 28.8 Å². The number of hydrogen-bond donors (Lipinski definition) is 2. The van der Waals surface area contributed by atoms with Crippen molar-refractivity contribution in [1.29, 1.82) is 0 Å². The van der Waals surface area contributed by atoms with Gasteiger partial charge in [0.25, 0.3) is 11.8 Å². The van der Waals surface area contributed by atoms with E-state index in [1.165, 1.54) is 0 Å². The van der Waals surface area contributed by atoms with E-state index in [-0.39, 0.29) is 44.0 Å². The number of hydroxylamine groups is 2. The number of unbranched alkanes of at least 4 members (excludes halogenated alkanes) is 2. The number of piperazine rings is 1. The van der Waals surface area contributed by atoms with E-state index in [1.54, 1.807) is 7.11 Å². The number of imide groups is 1. The summed E-state index contributed by atoms with van der Waals surface area (Å²) in [5, 5.41) is 3.98. The number of aromatic nitrogens is 3. The molecule has 14 nitrogen and oxygen atoms in total. The quantitative estimate of drug-likeness (QED) is 0.184. The molecule has 2 aliphatic heterocycles. The number of anilines is 2. The van der Waals surface area contributed by atoms with Crippen LogP contribution in [0.25, 0.3) is 11.0 Å². The predicted octanol–water partition coefficient (Wildman–Crippen LogP) is 3.09. The molecule has 2 fully saturated rings. The molecule has 47 heavy (non-hydrogen) atoms. The molecule has 0 bridgehead atoms. The average molecular weight is 649 g/mol. The number of hydrogen-bond acceptors (Lipinski definition) is 11. The van der Waals surface area contributed by atoms with Crippen LogP contribution in [0.3, 0.4) is 0 Å². The van der Waals surface area contributed by atoms with Crippen LogP contribution in [-0.4, -0.2) is 92.9 Å². The number of nitrogens with two attached hydrogens (primary N) is 1. The van der Waals surface area contributed by atoms with Crippen LogP contribution in [0.5, 0.6) is 5.75 Å². The summed E-state index contributed by atoms with van der Waals surface area (Å²) in [4.78, 5) is 65.9. The lowest BCUT2D eigenvalue weighted by Gasteiger charge is -2.35. The van der Waals surface area contributed by atoms with Gasteiger partial charge in [0.15, 0.2) is 5.82 Å². The summed E-state index contributed by atoms with van der Waals surface area (Å²) in [7, 11) is 1.68. The Balaban J connectivity index is 1.11. The Hall–Kier alpha value is -4.72. The molecule has 4 heterocycles. The highest BCUT2D eigenvalue weighted by molar-refractivity contribution is 6.01. The molecule has 2 aromatic heterocycles. The second-order valence-electron chi connectivity index (χ2n) is 11.9. The summed E-state index contributed by atoms with van der Waals surface area (Å²) in [6, 6.07) is 8.22. The van der Waals surface area contributed by atoms with E-state index in [4.69, 9.17) is 15.3 Å².